The van der Waals surface area contributed by atoms with E-state index in [0.717, 1.165) is 12.1 Å². The second kappa shape index (κ2) is 7.21. The van der Waals surface area contributed by atoms with Crippen molar-refractivity contribution >= 4 is 11.9 Å². The molecule has 8 heteroatoms. The summed E-state index contributed by atoms with van der Waals surface area (Å²) in [6.45, 7) is 4.71. The molecular formula is C16H20F3NO4. The number of esters is 1. The topological polar surface area (TPSA) is 89.6 Å². The van der Waals surface area contributed by atoms with Gasteiger partial charge in [0, 0.05) is 6.04 Å². The molecule has 3 N–H and O–H groups in total. The van der Waals surface area contributed by atoms with E-state index < -0.39 is 41.2 Å². The van der Waals surface area contributed by atoms with Crippen LogP contribution in [0.4, 0.5) is 13.2 Å². The van der Waals surface area contributed by atoms with Crippen LogP contribution < -0.4 is 5.73 Å². The van der Waals surface area contributed by atoms with Crippen LogP contribution in [0.5, 0.6) is 0 Å². The Hall–Kier alpha value is -2.09. The van der Waals surface area contributed by atoms with Crippen molar-refractivity contribution < 1.29 is 32.6 Å². The van der Waals surface area contributed by atoms with Gasteiger partial charge in [-0.15, -0.1) is 0 Å². The molecule has 0 bridgehead atoms. The molecule has 0 spiro atoms. The number of alkyl halides is 3. The molecule has 0 aliphatic rings. The third-order valence-electron chi connectivity index (χ3n) is 3.08. The van der Waals surface area contributed by atoms with E-state index in [9.17, 15) is 27.9 Å². The average molecular weight is 347 g/mol. The summed E-state index contributed by atoms with van der Waals surface area (Å²) in [6.07, 6.45) is -4.72. The van der Waals surface area contributed by atoms with Gasteiger partial charge in [-0.2, -0.15) is 13.2 Å². The number of hydrogen-bond acceptors (Lipinski definition) is 4. The number of hydrogen-bond donors (Lipinski definition) is 2. The molecule has 0 saturated heterocycles. The summed E-state index contributed by atoms with van der Waals surface area (Å²) in [5.41, 5.74) is 4.19. The van der Waals surface area contributed by atoms with E-state index in [1.807, 2.05) is 0 Å². The Kier molecular flexibility index (Phi) is 5.99. The van der Waals surface area contributed by atoms with Crippen LogP contribution in [0.3, 0.4) is 0 Å². The molecule has 0 saturated carbocycles. The van der Waals surface area contributed by atoms with Crippen molar-refractivity contribution in [1.82, 2.24) is 0 Å². The number of carboxylic acids is 1. The van der Waals surface area contributed by atoms with Crippen LogP contribution in [-0.4, -0.2) is 28.7 Å². The van der Waals surface area contributed by atoms with Crippen LogP contribution in [0, 0.1) is 5.92 Å². The number of halogens is 3. The third-order valence-corrected chi connectivity index (χ3v) is 3.08. The molecule has 0 fully saturated rings. The van der Waals surface area contributed by atoms with Crippen molar-refractivity contribution in [2.75, 3.05) is 0 Å². The number of carboxylic acid groups (broad SMARTS) is 1. The van der Waals surface area contributed by atoms with Crippen LogP contribution >= 0.6 is 0 Å². The van der Waals surface area contributed by atoms with Gasteiger partial charge < -0.3 is 15.6 Å². The number of benzene rings is 1. The van der Waals surface area contributed by atoms with Crippen LogP contribution in [0.1, 0.15) is 31.9 Å². The first-order chi connectivity index (χ1) is 10.8. The molecule has 0 heterocycles. The van der Waals surface area contributed by atoms with E-state index in [2.05, 4.69) is 0 Å². The molecule has 0 aliphatic carbocycles. The van der Waals surface area contributed by atoms with Crippen LogP contribution in [0.25, 0.3) is 0 Å². The van der Waals surface area contributed by atoms with Gasteiger partial charge in [-0.3, -0.25) is 9.59 Å². The monoisotopic (exact) mass is 347 g/mol. The van der Waals surface area contributed by atoms with E-state index in [4.69, 9.17) is 10.5 Å². The predicted octanol–water partition coefficient (Wildman–Crippen LogP) is 2.62. The number of nitrogens with two attached hydrogens (primary N) is 1. The first kappa shape index (κ1) is 20.0. The normalized spacial score (nSPS) is 14.8. The fraction of sp³-hybridized carbons (Fsp3) is 0.500. The largest absolute Gasteiger partial charge is 0.481 e. The van der Waals surface area contributed by atoms with E-state index >= 15 is 0 Å². The van der Waals surface area contributed by atoms with Gasteiger partial charge in [0.15, 0.2) is 5.92 Å². The maximum Gasteiger partial charge on any atom is 0.416 e. The number of aliphatic carboxylic acids is 1. The zero-order valence-corrected chi connectivity index (χ0v) is 13.6. The van der Waals surface area contributed by atoms with Gasteiger partial charge in [-0.05, 0) is 38.8 Å². The number of rotatable bonds is 5. The summed E-state index contributed by atoms with van der Waals surface area (Å²) in [4.78, 5) is 23.3. The second-order valence-corrected chi connectivity index (χ2v) is 6.42. The third kappa shape index (κ3) is 5.84. The van der Waals surface area contributed by atoms with Crippen molar-refractivity contribution in [2.24, 2.45) is 11.7 Å². The number of carbonyl (C=O) groups excluding carboxylic acids is 1. The van der Waals surface area contributed by atoms with E-state index in [1.165, 1.54) is 12.1 Å². The second-order valence-electron chi connectivity index (χ2n) is 6.42. The molecule has 0 radical (unpaired) electrons. The molecule has 1 aromatic carbocycles. The van der Waals surface area contributed by atoms with E-state index in [0.29, 0.717) is 0 Å². The van der Waals surface area contributed by atoms with Crippen molar-refractivity contribution in [1.29, 1.82) is 0 Å². The lowest BCUT2D eigenvalue weighted by atomic mass is 9.93. The highest BCUT2D eigenvalue weighted by Gasteiger charge is 2.37. The minimum Gasteiger partial charge on any atom is -0.481 e. The van der Waals surface area contributed by atoms with Crippen molar-refractivity contribution in [3.8, 4) is 0 Å². The van der Waals surface area contributed by atoms with E-state index in [1.54, 1.807) is 20.8 Å². The Labute approximate surface area is 137 Å². The van der Waals surface area contributed by atoms with Gasteiger partial charge >= 0.3 is 18.1 Å². The van der Waals surface area contributed by atoms with Gasteiger partial charge in [-0.25, -0.2) is 0 Å². The quantitative estimate of drug-likeness (QED) is 0.631. The van der Waals surface area contributed by atoms with Crippen molar-refractivity contribution in [3.63, 3.8) is 0 Å². The van der Waals surface area contributed by atoms with Gasteiger partial charge in [0.25, 0.3) is 0 Å². The Morgan fingerprint density at radius 2 is 1.83 bits per heavy atom. The van der Waals surface area contributed by atoms with Gasteiger partial charge in [0.1, 0.15) is 5.60 Å². The average Bonchev–Trinajstić information content (AvgIpc) is 2.35. The molecular weight excluding hydrogens is 327 g/mol. The Balaban J connectivity index is 2.96. The van der Waals surface area contributed by atoms with Gasteiger partial charge in [-0.1, -0.05) is 18.2 Å². The van der Waals surface area contributed by atoms with Gasteiger partial charge in [0.2, 0.25) is 0 Å². The molecule has 2 atom stereocenters. The minimum atomic E-state index is -4.52. The summed E-state index contributed by atoms with van der Waals surface area (Å²) < 4.78 is 43.1. The van der Waals surface area contributed by atoms with Crippen molar-refractivity contribution in [3.05, 3.63) is 35.4 Å². The Bertz CT molecular complexity index is 608. The summed E-state index contributed by atoms with van der Waals surface area (Å²) in [6, 6.07) is 3.16. The molecule has 0 amide bonds. The molecule has 1 rings (SSSR count). The SMILES string of the molecule is CC(C)(C)OC(=O)[C@H](C(=O)O)C(N)Cc1cccc(C(F)(F)F)c1. The lowest BCUT2D eigenvalue weighted by Gasteiger charge is -2.25. The molecule has 1 aromatic rings. The highest BCUT2D eigenvalue weighted by Crippen LogP contribution is 2.30. The van der Waals surface area contributed by atoms with Crippen LogP contribution in [-0.2, 0) is 26.9 Å². The zero-order chi connectivity index (χ0) is 18.7. The number of ether oxygens (including phenoxy) is 1. The standard InChI is InChI=1S/C16H20F3NO4/c1-15(2,3)24-14(23)12(13(21)22)11(20)8-9-5-4-6-10(7-9)16(17,18)19/h4-7,11-12H,8,20H2,1-3H3,(H,21,22)/t11?,12-/m0/s1. The summed E-state index contributed by atoms with van der Waals surface area (Å²) in [5, 5.41) is 9.21. The lowest BCUT2D eigenvalue weighted by Crippen LogP contribution is -2.45. The summed E-state index contributed by atoms with van der Waals surface area (Å²) in [7, 11) is 0. The fourth-order valence-electron chi connectivity index (χ4n) is 2.09. The van der Waals surface area contributed by atoms with Gasteiger partial charge in [0.05, 0.1) is 5.56 Å². The smallest absolute Gasteiger partial charge is 0.416 e. The van der Waals surface area contributed by atoms with E-state index in [-0.39, 0.29) is 12.0 Å². The zero-order valence-electron chi connectivity index (χ0n) is 13.6. The molecule has 5 nitrogen and oxygen atoms in total. The fourth-order valence-corrected chi connectivity index (χ4v) is 2.09. The molecule has 0 aromatic heterocycles. The van der Waals surface area contributed by atoms with Crippen LogP contribution in [0.15, 0.2) is 24.3 Å². The highest BCUT2D eigenvalue weighted by atomic mass is 19.4. The first-order valence-electron chi connectivity index (χ1n) is 7.18. The maximum atomic E-state index is 12.7. The Morgan fingerprint density at radius 1 is 1.25 bits per heavy atom. The highest BCUT2D eigenvalue weighted by molar-refractivity contribution is 5.95. The Morgan fingerprint density at radius 3 is 2.29 bits per heavy atom. The summed E-state index contributed by atoms with van der Waals surface area (Å²) in [5.74, 6) is -4.17. The molecule has 24 heavy (non-hydrogen) atoms. The van der Waals surface area contributed by atoms with Crippen molar-refractivity contribution in [2.45, 2.75) is 45.0 Å². The minimum absolute atomic E-state index is 0.187. The molecule has 1 unspecified atom stereocenters. The molecule has 134 valence electrons. The first-order valence-corrected chi connectivity index (χ1v) is 7.18. The summed E-state index contributed by atoms with van der Waals surface area (Å²) >= 11 is 0. The maximum absolute atomic E-state index is 12.7. The van der Waals surface area contributed by atoms with Crippen LogP contribution in [0.2, 0.25) is 0 Å². The number of carbonyl (C=O) groups is 2. The predicted molar refractivity (Wildman–Crippen MR) is 80.1 cm³/mol. The lowest BCUT2D eigenvalue weighted by molar-refractivity contribution is -0.167. The molecule has 0 aliphatic heterocycles.